The second-order valence-electron chi connectivity index (χ2n) is 4.96. The van der Waals surface area contributed by atoms with Gasteiger partial charge in [-0.15, -0.1) is 0 Å². The Morgan fingerprint density at radius 1 is 1.33 bits per heavy atom. The van der Waals surface area contributed by atoms with Gasteiger partial charge >= 0.3 is 0 Å². The molecule has 1 aromatic carbocycles. The maximum atomic E-state index is 12.9. The Morgan fingerprint density at radius 2 is 2.00 bits per heavy atom. The molecule has 0 aliphatic carbocycles. The first kappa shape index (κ1) is 17.4. The van der Waals surface area contributed by atoms with Crippen LogP contribution >= 0.6 is 35.0 Å². The summed E-state index contributed by atoms with van der Waals surface area (Å²) in [6, 6.07) is 2.62. The summed E-state index contributed by atoms with van der Waals surface area (Å²) in [7, 11) is -3.71. The molecule has 4 nitrogen and oxygen atoms in total. The Morgan fingerprint density at radius 3 is 2.62 bits per heavy atom. The van der Waals surface area contributed by atoms with Crippen molar-refractivity contribution in [1.29, 1.82) is 0 Å². The summed E-state index contributed by atoms with van der Waals surface area (Å²) in [5, 5.41) is 9.82. The molecule has 2 atom stereocenters. The standard InChI is InChI=1S/C13H17Cl2NO3S2/c1-8-9(2)20-4-3-16(8)21(18,19)13-5-10(7-17)11(14)6-12(13)15/h5-6,8-9,17H,3-4,7H2,1-2H3. The van der Waals surface area contributed by atoms with Gasteiger partial charge in [-0.1, -0.05) is 30.1 Å². The van der Waals surface area contributed by atoms with Crippen molar-refractivity contribution in [3.63, 3.8) is 0 Å². The molecular formula is C13H17Cl2NO3S2. The molecule has 1 aromatic rings. The van der Waals surface area contributed by atoms with Crippen LogP contribution in [-0.4, -0.2) is 41.4 Å². The van der Waals surface area contributed by atoms with Gasteiger partial charge in [0.2, 0.25) is 10.0 Å². The van der Waals surface area contributed by atoms with Gasteiger partial charge in [-0.05, 0) is 24.6 Å². The highest BCUT2D eigenvalue weighted by atomic mass is 35.5. The van der Waals surface area contributed by atoms with E-state index in [1.165, 1.54) is 16.4 Å². The predicted octanol–water partition coefficient (Wildman–Crippen LogP) is 3.00. The van der Waals surface area contributed by atoms with Crippen LogP contribution in [0.2, 0.25) is 10.0 Å². The third kappa shape index (κ3) is 3.35. The van der Waals surface area contributed by atoms with Crippen molar-refractivity contribution in [2.45, 2.75) is 36.6 Å². The third-order valence-electron chi connectivity index (χ3n) is 3.68. The highest BCUT2D eigenvalue weighted by Gasteiger charge is 2.36. The van der Waals surface area contributed by atoms with E-state index in [1.807, 2.05) is 13.8 Å². The van der Waals surface area contributed by atoms with Gasteiger partial charge in [-0.2, -0.15) is 16.1 Å². The number of sulfonamides is 1. The average molecular weight is 370 g/mol. The number of thioether (sulfide) groups is 1. The normalized spacial score (nSPS) is 24.2. The minimum absolute atomic E-state index is 0.00330. The first-order chi connectivity index (χ1) is 9.78. The zero-order valence-corrected chi connectivity index (χ0v) is 14.9. The molecule has 2 unspecified atom stereocenters. The first-order valence-electron chi connectivity index (χ1n) is 6.51. The lowest BCUT2D eigenvalue weighted by Crippen LogP contribution is -2.47. The Balaban J connectivity index is 2.49. The summed E-state index contributed by atoms with van der Waals surface area (Å²) in [5.41, 5.74) is 0.353. The van der Waals surface area contributed by atoms with Gasteiger partial charge < -0.3 is 5.11 Å². The van der Waals surface area contributed by atoms with E-state index in [-0.39, 0.29) is 32.8 Å². The number of aliphatic hydroxyl groups excluding tert-OH is 1. The number of benzene rings is 1. The van der Waals surface area contributed by atoms with E-state index >= 15 is 0 Å². The largest absolute Gasteiger partial charge is 0.392 e. The van der Waals surface area contributed by atoms with E-state index < -0.39 is 10.0 Å². The van der Waals surface area contributed by atoms with Gasteiger partial charge in [-0.3, -0.25) is 0 Å². The zero-order valence-electron chi connectivity index (χ0n) is 11.7. The van der Waals surface area contributed by atoms with Crippen molar-refractivity contribution in [3.8, 4) is 0 Å². The Bertz CT molecular complexity index is 637. The maximum absolute atomic E-state index is 12.9. The van der Waals surface area contributed by atoms with E-state index in [4.69, 9.17) is 23.2 Å². The Hall–Kier alpha value is 0.0200. The second-order valence-corrected chi connectivity index (χ2v) is 9.12. The Labute approximate surface area is 139 Å². The topological polar surface area (TPSA) is 57.6 Å². The highest BCUT2D eigenvalue weighted by Crippen LogP contribution is 2.34. The van der Waals surface area contributed by atoms with Crippen LogP contribution in [0.25, 0.3) is 0 Å². The number of rotatable bonds is 3. The Kier molecular flexibility index (Phi) is 5.50. The van der Waals surface area contributed by atoms with E-state index in [0.29, 0.717) is 12.1 Å². The molecule has 2 rings (SSSR count). The molecule has 8 heteroatoms. The molecule has 1 fully saturated rings. The third-order valence-corrected chi connectivity index (χ3v) is 7.82. The molecule has 0 bridgehead atoms. The molecule has 1 N–H and O–H groups in total. The monoisotopic (exact) mass is 369 g/mol. The summed E-state index contributed by atoms with van der Waals surface area (Å²) in [6.45, 7) is 4.02. The number of nitrogens with zero attached hydrogens (tertiary/aromatic N) is 1. The molecule has 118 valence electrons. The van der Waals surface area contributed by atoms with E-state index in [2.05, 4.69) is 0 Å². The zero-order chi connectivity index (χ0) is 15.8. The molecule has 0 spiro atoms. The van der Waals surface area contributed by atoms with Crippen molar-refractivity contribution in [2.75, 3.05) is 12.3 Å². The fraction of sp³-hybridized carbons (Fsp3) is 0.538. The van der Waals surface area contributed by atoms with Gasteiger partial charge in [0.15, 0.2) is 0 Å². The van der Waals surface area contributed by atoms with Crippen molar-refractivity contribution in [1.82, 2.24) is 4.31 Å². The molecule has 1 saturated heterocycles. The number of hydrogen-bond donors (Lipinski definition) is 1. The van der Waals surface area contributed by atoms with Crippen LogP contribution in [0.15, 0.2) is 17.0 Å². The lowest BCUT2D eigenvalue weighted by atomic mass is 10.2. The minimum Gasteiger partial charge on any atom is -0.392 e. The molecule has 0 radical (unpaired) electrons. The van der Waals surface area contributed by atoms with Crippen molar-refractivity contribution < 1.29 is 13.5 Å². The number of halogens is 2. The lowest BCUT2D eigenvalue weighted by Gasteiger charge is -2.36. The van der Waals surface area contributed by atoms with Gasteiger partial charge in [-0.25, -0.2) is 8.42 Å². The number of aliphatic hydroxyl groups is 1. The predicted molar refractivity (Wildman–Crippen MR) is 87.7 cm³/mol. The smallest absolute Gasteiger partial charge is 0.244 e. The van der Waals surface area contributed by atoms with Gasteiger partial charge in [0.05, 0.1) is 11.6 Å². The quantitative estimate of drug-likeness (QED) is 0.889. The van der Waals surface area contributed by atoms with Crippen molar-refractivity contribution >= 4 is 45.0 Å². The van der Waals surface area contributed by atoms with Crippen molar-refractivity contribution in [3.05, 3.63) is 27.7 Å². The summed E-state index contributed by atoms with van der Waals surface area (Å²) in [6.07, 6.45) is 0. The number of hydrogen-bond acceptors (Lipinski definition) is 4. The molecule has 0 saturated carbocycles. The van der Waals surface area contributed by atoms with Crippen LogP contribution in [0.4, 0.5) is 0 Å². The van der Waals surface area contributed by atoms with Crippen molar-refractivity contribution in [2.24, 2.45) is 0 Å². The first-order valence-corrected chi connectivity index (χ1v) is 9.75. The van der Waals surface area contributed by atoms with Gasteiger partial charge in [0.25, 0.3) is 0 Å². The van der Waals surface area contributed by atoms with E-state index in [1.54, 1.807) is 11.8 Å². The molecule has 1 aliphatic rings. The van der Waals surface area contributed by atoms with Crippen LogP contribution in [-0.2, 0) is 16.6 Å². The highest BCUT2D eigenvalue weighted by molar-refractivity contribution is 8.00. The fourth-order valence-electron chi connectivity index (χ4n) is 2.26. The molecular weight excluding hydrogens is 353 g/mol. The molecule has 21 heavy (non-hydrogen) atoms. The summed E-state index contributed by atoms with van der Waals surface area (Å²) >= 11 is 13.8. The molecule has 0 aromatic heterocycles. The summed E-state index contributed by atoms with van der Waals surface area (Å²) < 4.78 is 27.2. The van der Waals surface area contributed by atoms with E-state index in [9.17, 15) is 13.5 Å². The van der Waals surface area contributed by atoms with E-state index in [0.717, 1.165) is 5.75 Å². The minimum atomic E-state index is -3.71. The second kappa shape index (κ2) is 6.64. The van der Waals surface area contributed by atoms with Crippen LogP contribution in [0.1, 0.15) is 19.4 Å². The lowest BCUT2D eigenvalue weighted by molar-refractivity contribution is 0.281. The SMILES string of the molecule is CC1SCCN(S(=O)(=O)c2cc(CO)c(Cl)cc2Cl)C1C. The van der Waals surface area contributed by atoms with Gasteiger partial charge in [0.1, 0.15) is 4.90 Å². The average Bonchev–Trinajstić information content (AvgIpc) is 2.41. The maximum Gasteiger partial charge on any atom is 0.244 e. The summed E-state index contributed by atoms with van der Waals surface area (Å²) in [5.74, 6) is 0.753. The molecule has 1 heterocycles. The molecule has 0 amide bonds. The van der Waals surface area contributed by atoms with Crippen LogP contribution in [0.3, 0.4) is 0 Å². The summed E-state index contributed by atoms with van der Waals surface area (Å²) in [4.78, 5) is 0.00330. The van der Waals surface area contributed by atoms with Crippen LogP contribution < -0.4 is 0 Å². The fourth-order valence-corrected chi connectivity index (χ4v) is 6.09. The van der Waals surface area contributed by atoms with Crippen LogP contribution in [0, 0.1) is 0 Å². The molecule has 1 aliphatic heterocycles. The van der Waals surface area contributed by atoms with Crippen LogP contribution in [0.5, 0.6) is 0 Å². The van der Waals surface area contributed by atoms with Gasteiger partial charge in [0, 0.05) is 28.6 Å².